The average Bonchev–Trinajstić information content (AvgIpc) is 0.928. The van der Waals surface area contributed by atoms with E-state index in [9.17, 15) is 43.2 Å². The van der Waals surface area contributed by atoms with Gasteiger partial charge in [-0.3, -0.25) is 37.3 Å². The molecule has 17 nitrogen and oxygen atoms in total. The Kier molecular flexibility index (Phi) is 75.0. The number of hydrogen-bond acceptors (Lipinski definition) is 15. The predicted molar refractivity (Wildman–Crippen MR) is 428 cm³/mol. The van der Waals surface area contributed by atoms with Crippen molar-refractivity contribution in [1.29, 1.82) is 0 Å². The summed E-state index contributed by atoms with van der Waals surface area (Å²) in [5.41, 5.74) is 0. The minimum absolute atomic E-state index is 0.108. The van der Waals surface area contributed by atoms with Crippen LogP contribution < -0.4 is 0 Å². The van der Waals surface area contributed by atoms with Gasteiger partial charge in [0.1, 0.15) is 19.3 Å². The molecule has 0 saturated heterocycles. The van der Waals surface area contributed by atoms with Crippen molar-refractivity contribution in [3.8, 4) is 0 Å². The molecule has 0 spiro atoms. The van der Waals surface area contributed by atoms with E-state index in [0.29, 0.717) is 25.7 Å². The predicted octanol–water partition coefficient (Wildman–Crippen LogP) is 25.8. The van der Waals surface area contributed by atoms with Gasteiger partial charge in [-0.1, -0.05) is 401 Å². The zero-order valence-electron chi connectivity index (χ0n) is 68.3. The van der Waals surface area contributed by atoms with Crippen molar-refractivity contribution in [1.82, 2.24) is 0 Å². The van der Waals surface area contributed by atoms with Crippen LogP contribution in [0.15, 0.2) is 0 Å². The third-order valence-corrected chi connectivity index (χ3v) is 21.9. The van der Waals surface area contributed by atoms with Crippen molar-refractivity contribution in [3.05, 3.63) is 0 Å². The molecule has 0 heterocycles. The Morgan fingerprint density at radius 1 is 0.260 bits per heavy atom. The zero-order chi connectivity index (χ0) is 76.4. The highest BCUT2D eigenvalue weighted by atomic mass is 31.2. The maximum absolute atomic E-state index is 13.1. The molecule has 0 amide bonds. The lowest BCUT2D eigenvalue weighted by Crippen LogP contribution is -2.30. The number of hydrogen-bond donors (Lipinski definition) is 3. The third-order valence-electron chi connectivity index (χ3n) is 20.0. The molecule has 3 N–H and O–H groups in total. The first kappa shape index (κ1) is 102. The molecule has 0 aromatic heterocycles. The van der Waals surface area contributed by atoms with Gasteiger partial charge in [0.25, 0.3) is 0 Å². The molecule has 0 saturated carbocycles. The summed E-state index contributed by atoms with van der Waals surface area (Å²) in [5, 5.41) is 10.7. The fourth-order valence-electron chi connectivity index (χ4n) is 13.2. The van der Waals surface area contributed by atoms with E-state index in [0.717, 1.165) is 102 Å². The standard InChI is InChI=1S/C85H166O17P2/c1-7-9-11-13-15-17-19-21-23-24-25-29-33-36-43-49-55-61-67-82(87)95-73-80(101-85(90)70-64-58-52-46-38-34-30-27-26-28-31-35-41-47-53-59-65-77(3)4)75-99-103(91,92)97-71-79(86)72-98-104(93,94)100-76-81(74-96-83(88)68-62-56-50-44-40-39-42-48-54-60-66-78(5)6)102-84(89)69-63-57-51-45-37-32-22-20-18-16-14-12-10-8-2/h77-81,86H,7-76H2,1-6H3,(H,91,92)(H,93,94)/t79-,80-,81-/m1/s1. The summed E-state index contributed by atoms with van der Waals surface area (Å²) in [6.45, 7) is 9.70. The molecular formula is C85H166O17P2. The first-order chi connectivity index (χ1) is 50.4. The molecule has 0 bridgehead atoms. The Morgan fingerprint density at radius 3 is 0.654 bits per heavy atom. The number of unbranched alkanes of at least 4 members (excludes halogenated alkanes) is 54. The Bertz CT molecular complexity index is 1990. The van der Waals surface area contributed by atoms with Crippen LogP contribution in [0, 0.1) is 11.8 Å². The summed E-state index contributed by atoms with van der Waals surface area (Å²) in [6.07, 6.45) is 67.9. The molecule has 2 unspecified atom stereocenters. The summed E-state index contributed by atoms with van der Waals surface area (Å²) in [5.74, 6) is -0.533. The normalized spacial score (nSPS) is 13.8. The van der Waals surface area contributed by atoms with Crippen molar-refractivity contribution >= 4 is 39.5 Å². The number of carbonyl (C=O) groups is 4. The smallest absolute Gasteiger partial charge is 0.462 e. The summed E-state index contributed by atoms with van der Waals surface area (Å²) in [6, 6.07) is 0. The lowest BCUT2D eigenvalue weighted by Gasteiger charge is -2.21. The zero-order valence-corrected chi connectivity index (χ0v) is 70.1. The average molecular weight is 1520 g/mol. The molecule has 0 aliphatic rings. The number of phosphoric acid groups is 2. The fraction of sp³-hybridized carbons (Fsp3) is 0.953. The highest BCUT2D eigenvalue weighted by Gasteiger charge is 2.30. The molecule has 0 fully saturated rings. The molecule has 0 aromatic carbocycles. The SMILES string of the molecule is CCCCCCCCCCCCCCCCCCCCC(=O)OC[C@H](COP(=O)(O)OC[C@@H](O)COP(=O)(O)OC[C@@H](COC(=O)CCCCCCCCCCCCC(C)C)OC(=O)CCCCCCCCCCCCCCCC)OC(=O)CCCCCCCCCCCCCCCCCCC(C)C. The van der Waals surface area contributed by atoms with E-state index in [1.807, 2.05) is 0 Å². The van der Waals surface area contributed by atoms with Crippen LogP contribution in [0.1, 0.15) is 452 Å². The molecular weight excluding hydrogens is 1350 g/mol. The fourth-order valence-corrected chi connectivity index (χ4v) is 14.8. The maximum Gasteiger partial charge on any atom is 0.472 e. The molecule has 618 valence electrons. The van der Waals surface area contributed by atoms with Gasteiger partial charge in [0, 0.05) is 25.7 Å². The Labute approximate surface area is 638 Å². The van der Waals surface area contributed by atoms with E-state index in [2.05, 4.69) is 41.5 Å². The van der Waals surface area contributed by atoms with Crippen LogP contribution in [0.3, 0.4) is 0 Å². The first-order valence-corrected chi connectivity index (χ1v) is 47.0. The molecule has 5 atom stereocenters. The Balaban J connectivity index is 5.26. The topological polar surface area (TPSA) is 237 Å². The largest absolute Gasteiger partial charge is 0.472 e. The van der Waals surface area contributed by atoms with Crippen LogP contribution in [0.25, 0.3) is 0 Å². The van der Waals surface area contributed by atoms with E-state index in [4.69, 9.17) is 37.0 Å². The van der Waals surface area contributed by atoms with E-state index in [-0.39, 0.29) is 25.7 Å². The van der Waals surface area contributed by atoms with Gasteiger partial charge in [0.15, 0.2) is 12.2 Å². The molecule has 0 rings (SSSR count). The van der Waals surface area contributed by atoms with Crippen LogP contribution >= 0.6 is 15.6 Å². The number of carbonyl (C=O) groups excluding carboxylic acids is 4. The first-order valence-electron chi connectivity index (χ1n) is 44.0. The van der Waals surface area contributed by atoms with Crippen molar-refractivity contribution in [3.63, 3.8) is 0 Å². The Morgan fingerprint density at radius 2 is 0.442 bits per heavy atom. The van der Waals surface area contributed by atoms with E-state index in [1.54, 1.807) is 0 Å². The minimum atomic E-state index is -4.97. The van der Waals surface area contributed by atoms with Gasteiger partial charge in [-0.25, -0.2) is 9.13 Å². The summed E-state index contributed by atoms with van der Waals surface area (Å²) in [7, 11) is -9.93. The molecule has 104 heavy (non-hydrogen) atoms. The molecule has 0 radical (unpaired) electrons. The monoisotopic (exact) mass is 1520 g/mol. The minimum Gasteiger partial charge on any atom is -0.462 e. The number of ether oxygens (including phenoxy) is 4. The van der Waals surface area contributed by atoms with Gasteiger partial charge in [-0.15, -0.1) is 0 Å². The molecule has 0 aliphatic heterocycles. The third kappa shape index (κ3) is 78.2. The number of phosphoric ester groups is 2. The van der Waals surface area contributed by atoms with Crippen LogP contribution in [-0.4, -0.2) is 96.7 Å². The highest BCUT2D eigenvalue weighted by molar-refractivity contribution is 7.47. The van der Waals surface area contributed by atoms with Crippen LogP contribution in [-0.2, 0) is 65.4 Å². The number of aliphatic hydroxyl groups is 1. The quantitative estimate of drug-likeness (QED) is 0.0222. The van der Waals surface area contributed by atoms with E-state index in [1.165, 1.54) is 270 Å². The van der Waals surface area contributed by atoms with Gasteiger partial charge in [-0.05, 0) is 37.5 Å². The second-order valence-corrected chi connectivity index (χ2v) is 34.4. The lowest BCUT2D eigenvalue weighted by molar-refractivity contribution is -0.161. The van der Waals surface area contributed by atoms with Crippen LogP contribution in [0.2, 0.25) is 0 Å². The van der Waals surface area contributed by atoms with Gasteiger partial charge >= 0.3 is 39.5 Å². The summed E-state index contributed by atoms with van der Waals surface area (Å²) >= 11 is 0. The van der Waals surface area contributed by atoms with Crippen molar-refractivity contribution < 1.29 is 80.2 Å². The van der Waals surface area contributed by atoms with Gasteiger partial charge in [0.05, 0.1) is 26.4 Å². The molecule has 0 aliphatic carbocycles. The summed E-state index contributed by atoms with van der Waals surface area (Å²) in [4.78, 5) is 73.2. The summed E-state index contributed by atoms with van der Waals surface area (Å²) < 4.78 is 68.9. The van der Waals surface area contributed by atoms with Crippen LogP contribution in [0.4, 0.5) is 0 Å². The number of esters is 4. The molecule has 0 aromatic rings. The van der Waals surface area contributed by atoms with E-state index >= 15 is 0 Å². The number of aliphatic hydroxyl groups excluding tert-OH is 1. The lowest BCUT2D eigenvalue weighted by atomic mass is 10.0. The second kappa shape index (κ2) is 76.4. The van der Waals surface area contributed by atoms with Gasteiger partial charge in [-0.2, -0.15) is 0 Å². The van der Waals surface area contributed by atoms with Crippen molar-refractivity contribution in [2.24, 2.45) is 11.8 Å². The highest BCUT2D eigenvalue weighted by Crippen LogP contribution is 2.45. The van der Waals surface area contributed by atoms with Gasteiger partial charge in [0.2, 0.25) is 0 Å². The van der Waals surface area contributed by atoms with Gasteiger partial charge < -0.3 is 33.8 Å². The maximum atomic E-state index is 13.1. The van der Waals surface area contributed by atoms with Crippen molar-refractivity contribution in [2.45, 2.75) is 471 Å². The number of rotatable bonds is 84. The van der Waals surface area contributed by atoms with Crippen LogP contribution in [0.5, 0.6) is 0 Å². The second-order valence-electron chi connectivity index (χ2n) is 31.5. The molecule has 19 heteroatoms. The van der Waals surface area contributed by atoms with Crippen molar-refractivity contribution in [2.75, 3.05) is 39.6 Å². The van der Waals surface area contributed by atoms with E-state index < -0.39 is 97.5 Å². The Hall–Kier alpha value is -1.94.